The summed E-state index contributed by atoms with van der Waals surface area (Å²) in [6.45, 7) is -0.0866. The van der Waals surface area contributed by atoms with E-state index in [1.807, 2.05) is 0 Å². The molecule has 0 bridgehead atoms. The second kappa shape index (κ2) is 8.24. The normalized spacial score (nSPS) is 14.7. The summed E-state index contributed by atoms with van der Waals surface area (Å²) in [6, 6.07) is 8.31. The Bertz CT molecular complexity index is 1020. The second-order valence-electron chi connectivity index (χ2n) is 6.64. The van der Waals surface area contributed by atoms with E-state index in [1.54, 1.807) is 30.3 Å². The van der Waals surface area contributed by atoms with Gasteiger partial charge in [-0.15, -0.1) is 0 Å². The third-order valence-corrected chi connectivity index (χ3v) is 4.76. The number of benzene rings is 1. The van der Waals surface area contributed by atoms with Gasteiger partial charge in [0.2, 0.25) is 11.7 Å². The first kappa shape index (κ1) is 20.8. The number of nitrogens with one attached hydrogen (secondary N) is 1. The number of hydrogen-bond donors (Lipinski definition) is 1. The van der Waals surface area contributed by atoms with Crippen LogP contribution in [0.1, 0.15) is 29.0 Å². The maximum absolute atomic E-state index is 14.4. The number of ether oxygens (including phenoxy) is 1. The third-order valence-electron chi connectivity index (χ3n) is 4.07. The molecule has 0 aliphatic heterocycles. The summed E-state index contributed by atoms with van der Waals surface area (Å²) in [7, 11) is -3.32. The number of amides is 1. The molecular formula is C19H19F2N3O4S. The smallest absolute Gasteiger partial charge is 0.309 e. The van der Waals surface area contributed by atoms with E-state index in [0.29, 0.717) is 18.6 Å². The molecule has 1 aromatic heterocycles. The number of rotatable bonds is 8. The number of aromatic nitrogens is 2. The maximum atomic E-state index is 14.4. The Kier molecular flexibility index (Phi) is 5.92. The zero-order valence-corrected chi connectivity index (χ0v) is 16.3. The molecule has 29 heavy (non-hydrogen) atoms. The van der Waals surface area contributed by atoms with E-state index in [2.05, 4.69) is 15.3 Å². The highest BCUT2D eigenvalue weighted by atomic mass is 32.2. The Balaban J connectivity index is 1.86. The lowest BCUT2D eigenvalue weighted by Gasteiger charge is -2.16. The van der Waals surface area contributed by atoms with Crippen LogP contribution in [0.3, 0.4) is 0 Å². The molecule has 1 aliphatic rings. The average molecular weight is 423 g/mol. The van der Waals surface area contributed by atoms with Crippen LogP contribution >= 0.6 is 0 Å². The minimum atomic E-state index is -3.32. The molecule has 0 unspecified atom stereocenters. The molecule has 2 aromatic rings. The van der Waals surface area contributed by atoms with Gasteiger partial charge in [0.15, 0.2) is 9.84 Å². The van der Waals surface area contributed by atoms with Gasteiger partial charge in [0.05, 0.1) is 0 Å². The maximum Gasteiger partial charge on any atom is 0.309 e. The molecule has 0 spiro atoms. The van der Waals surface area contributed by atoms with E-state index in [4.69, 9.17) is 4.74 Å². The fourth-order valence-electron chi connectivity index (χ4n) is 2.46. The molecule has 1 N–H and O–H groups in total. The lowest BCUT2D eigenvalue weighted by molar-refractivity contribution is -0.0379. The van der Waals surface area contributed by atoms with Gasteiger partial charge in [0, 0.05) is 30.3 Å². The van der Waals surface area contributed by atoms with Gasteiger partial charge in [0.1, 0.15) is 11.3 Å². The first-order chi connectivity index (χ1) is 13.7. The van der Waals surface area contributed by atoms with Gasteiger partial charge in [-0.2, -0.15) is 13.8 Å². The van der Waals surface area contributed by atoms with Crippen LogP contribution < -0.4 is 10.1 Å². The van der Waals surface area contributed by atoms with Crippen molar-refractivity contribution in [3.8, 4) is 11.6 Å². The Morgan fingerprint density at radius 1 is 1.31 bits per heavy atom. The molecule has 1 heterocycles. The molecule has 0 atom stereocenters. The number of para-hydroxylation sites is 1. The summed E-state index contributed by atoms with van der Waals surface area (Å²) in [5, 5.41) is 3.40. The van der Waals surface area contributed by atoms with Crippen molar-refractivity contribution in [3.63, 3.8) is 0 Å². The van der Waals surface area contributed by atoms with E-state index in [1.165, 1.54) is 6.08 Å². The summed E-state index contributed by atoms with van der Waals surface area (Å²) < 4.78 is 56.5. The highest BCUT2D eigenvalue weighted by Crippen LogP contribution is 2.48. The van der Waals surface area contributed by atoms with E-state index >= 15 is 0 Å². The van der Waals surface area contributed by atoms with Crippen molar-refractivity contribution in [1.29, 1.82) is 0 Å². The fraction of sp³-hybridized carbons (Fsp3) is 0.316. The zero-order valence-electron chi connectivity index (χ0n) is 15.5. The lowest BCUT2D eigenvalue weighted by atomic mass is 10.2. The number of sulfone groups is 1. The van der Waals surface area contributed by atoms with Gasteiger partial charge in [-0.05, 0) is 25.0 Å². The number of carbonyl (C=O) groups excluding carboxylic acids is 1. The number of alkyl halides is 2. The lowest BCUT2D eigenvalue weighted by Crippen LogP contribution is -2.26. The number of nitrogens with zero attached hydrogens (tertiary/aromatic N) is 2. The average Bonchev–Trinajstić information content (AvgIpc) is 3.51. The van der Waals surface area contributed by atoms with Crippen LogP contribution in [-0.2, 0) is 15.8 Å². The molecule has 7 nitrogen and oxygen atoms in total. The number of hydrogen-bond acceptors (Lipinski definition) is 6. The SMILES string of the molecule is CS(=O)(=O)/C=C/CNC(=O)c1cnc(C(F)(F)C2CC2)nc1Oc1ccccc1. The molecule has 10 heteroatoms. The molecule has 1 aromatic carbocycles. The number of carbonyl (C=O) groups is 1. The zero-order chi connectivity index (χ0) is 21.1. The highest BCUT2D eigenvalue weighted by Gasteiger charge is 2.50. The van der Waals surface area contributed by atoms with E-state index in [0.717, 1.165) is 17.9 Å². The Morgan fingerprint density at radius 3 is 2.62 bits per heavy atom. The third kappa shape index (κ3) is 5.57. The van der Waals surface area contributed by atoms with Gasteiger partial charge in [0.25, 0.3) is 5.91 Å². The van der Waals surface area contributed by atoms with Crippen molar-refractivity contribution in [1.82, 2.24) is 15.3 Å². The Labute approximate surface area is 166 Å². The largest absolute Gasteiger partial charge is 0.438 e. The Hall–Kier alpha value is -2.88. The minimum Gasteiger partial charge on any atom is -0.438 e. The standard InChI is InChI=1S/C19H19F2N3O4S/c1-29(26,27)11-5-10-22-16(25)15-12-23-18(19(20,21)13-8-9-13)24-17(15)28-14-6-3-2-4-7-14/h2-7,11-13H,8-10H2,1H3,(H,22,25)/b11-5+. The molecule has 1 amide bonds. The van der Waals surface area contributed by atoms with Crippen molar-refractivity contribution < 1.29 is 26.7 Å². The first-order valence-corrected chi connectivity index (χ1v) is 10.8. The van der Waals surface area contributed by atoms with Gasteiger partial charge in [-0.25, -0.2) is 13.4 Å². The van der Waals surface area contributed by atoms with Crippen LogP contribution in [0, 0.1) is 5.92 Å². The summed E-state index contributed by atoms with van der Waals surface area (Å²) in [5.41, 5.74) is -0.142. The minimum absolute atomic E-state index is 0.0866. The highest BCUT2D eigenvalue weighted by molar-refractivity contribution is 7.93. The van der Waals surface area contributed by atoms with Crippen LogP contribution in [0.25, 0.3) is 0 Å². The second-order valence-corrected chi connectivity index (χ2v) is 8.57. The van der Waals surface area contributed by atoms with Crippen molar-refractivity contribution in [2.45, 2.75) is 18.8 Å². The Morgan fingerprint density at radius 2 is 2.00 bits per heavy atom. The van der Waals surface area contributed by atoms with Crippen LogP contribution in [0.15, 0.2) is 48.0 Å². The van der Waals surface area contributed by atoms with E-state index < -0.39 is 33.4 Å². The first-order valence-electron chi connectivity index (χ1n) is 8.80. The van der Waals surface area contributed by atoms with Gasteiger partial charge >= 0.3 is 5.92 Å². The van der Waals surface area contributed by atoms with E-state index in [9.17, 15) is 22.0 Å². The topological polar surface area (TPSA) is 98.2 Å². The number of halogens is 2. The quantitative estimate of drug-likeness (QED) is 0.701. The van der Waals surface area contributed by atoms with Gasteiger partial charge < -0.3 is 10.1 Å². The summed E-state index contributed by atoms with van der Waals surface area (Å²) in [4.78, 5) is 20.0. The van der Waals surface area contributed by atoms with Gasteiger partial charge in [-0.1, -0.05) is 24.3 Å². The molecule has 0 radical (unpaired) electrons. The predicted octanol–water partition coefficient (Wildman–Crippen LogP) is 3.06. The fourth-order valence-corrected chi connectivity index (χ4v) is 2.90. The molecule has 1 fully saturated rings. The van der Waals surface area contributed by atoms with Crippen molar-refractivity contribution in [2.75, 3.05) is 12.8 Å². The van der Waals surface area contributed by atoms with Crippen molar-refractivity contribution in [2.24, 2.45) is 5.92 Å². The molecule has 1 saturated carbocycles. The van der Waals surface area contributed by atoms with Crippen LogP contribution in [-0.4, -0.2) is 37.1 Å². The summed E-state index contributed by atoms with van der Waals surface area (Å²) in [5.74, 6) is -5.38. The van der Waals surface area contributed by atoms with Crippen molar-refractivity contribution >= 4 is 15.7 Å². The van der Waals surface area contributed by atoms with E-state index in [-0.39, 0.29) is 18.0 Å². The molecule has 1 aliphatic carbocycles. The summed E-state index contributed by atoms with van der Waals surface area (Å²) >= 11 is 0. The predicted molar refractivity (Wildman–Crippen MR) is 101 cm³/mol. The van der Waals surface area contributed by atoms with Crippen LogP contribution in [0.5, 0.6) is 11.6 Å². The molecular weight excluding hydrogens is 404 g/mol. The summed E-state index contributed by atoms with van der Waals surface area (Å²) in [6.07, 6.45) is 4.04. The van der Waals surface area contributed by atoms with Crippen LogP contribution in [0.4, 0.5) is 8.78 Å². The molecule has 0 saturated heterocycles. The molecule has 3 rings (SSSR count). The molecule has 154 valence electrons. The van der Waals surface area contributed by atoms with Gasteiger partial charge in [-0.3, -0.25) is 4.79 Å². The van der Waals surface area contributed by atoms with Crippen LogP contribution in [0.2, 0.25) is 0 Å². The van der Waals surface area contributed by atoms with Crippen molar-refractivity contribution in [3.05, 3.63) is 59.4 Å². The monoisotopic (exact) mass is 423 g/mol.